The van der Waals surface area contributed by atoms with E-state index in [0.717, 1.165) is 28.6 Å². The van der Waals surface area contributed by atoms with Crippen LogP contribution in [0, 0.1) is 0 Å². The van der Waals surface area contributed by atoms with Gasteiger partial charge in [0, 0.05) is 38.6 Å². The standard InChI is InChI=1S/C23H19ClN2O/c1-2-16-4-3-5-20-19-12-11-18(14-21(19)26-23(16)20)25-22(27)13-8-15-6-9-17(24)10-7-15/h3-14,26H,2H2,1H3,(H,25,27)/b13-8+. The van der Waals surface area contributed by atoms with Crippen LogP contribution in [0.25, 0.3) is 27.9 Å². The van der Waals surface area contributed by atoms with Gasteiger partial charge in [0.05, 0.1) is 0 Å². The maximum atomic E-state index is 12.2. The monoisotopic (exact) mass is 374 g/mol. The number of aryl methyl sites for hydroxylation is 1. The molecule has 0 fully saturated rings. The number of aromatic nitrogens is 1. The Balaban J connectivity index is 1.57. The number of para-hydroxylation sites is 1. The number of nitrogens with one attached hydrogen (secondary N) is 2. The Morgan fingerprint density at radius 3 is 2.67 bits per heavy atom. The lowest BCUT2D eigenvalue weighted by molar-refractivity contribution is -0.111. The van der Waals surface area contributed by atoms with Gasteiger partial charge in [0.15, 0.2) is 0 Å². The zero-order valence-corrected chi connectivity index (χ0v) is 15.7. The predicted molar refractivity (Wildman–Crippen MR) is 114 cm³/mol. The fourth-order valence-corrected chi connectivity index (χ4v) is 3.42. The first-order chi connectivity index (χ1) is 13.1. The number of fused-ring (bicyclic) bond motifs is 3. The van der Waals surface area contributed by atoms with Crippen molar-refractivity contribution in [3.63, 3.8) is 0 Å². The van der Waals surface area contributed by atoms with Crippen molar-refractivity contribution >= 4 is 51.1 Å². The Bertz CT molecular complexity index is 1160. The van der Waals surface area contributed by atoms with Crippen LogP contribution in [0.1, 0.15) is 18.1 Å². The van der Waals surface area contributed by atoms with Crippen molar-refractivity contribution in [2.24, 2.45) is 0 Å². The van der Waals surface area contributed by atoms with Gasteiger partial charge in [-0.05, 0) is 47.9 Å². The second kappa shape index (κ2) is 7.29. The number of carbonyl (C=O) groups excluding carboxylic acids is 1. The Morgan fingerprint density at radius 2 is 1.89 bits per heavy atom. The van der Waals surface area contributed by atoms with Crippen LogP contribution in [0.5, 0.6) is 0 Å². The molecule has 1 heterocycles. The normalized spacial score (nSPS) is 11.5. The minimum atomic E-state index is -0.172. The Kier molecular flexibility index (Phi) is 4.69. The van der Waals surface area contributed by atoms with Crippen LogP contribution >= 0.6 is 11.6 Å². The van der Waals surface area contributed by atoms with Crippen LogP contribution in [-0.4, -0.2) is 10.9 Å². The van der Waals surface area contributed by atoms with Gasteiger partial charge in [-0.1, -0.05) is 54.9 Å². The van der Waals surface area contributed by atoms with Crippen molar-refractivity contribution in [1.29, 1.82) is 0 Å². The van der Waals surface area contributed by atoms with Crippen LogP contribution in [0.2, 0.25) is 5.02 Å². The van der Waals surface area contributed by atoms with Gasteiger partial charge < -0.3 is 10.3 Å². The molecule has 0 saturated heterocycles. The van der Waals surface area contributed by atoms with E-state index in [-0.39, 0.29) is 5.91 Å². The molecule has 3 aromatic carbocycles. The first-order valence-corrected chi connectivity index (χ1v) is 9.30. The Morgan fingerprint density at radius 1 is 1.07 bits per heavy atom. The summed E-state index contributed by atoms with van der Waals surface area (Å²) in [5, 5.41) is 5.97. The molecule has 27 heavy (non-hydrogen) atoms. The van der Waals surface area contributed by atoms with Gasteiger partial charge in [-0.15, -0.1) is 0 Å². The van der Waals surface area contributed by atoms with Gasteiger partial charge in [-0.3, -0.25) is 4.79 Å². The van der Waals surface area contributed by atoms with Gasteiger partial charge in [0.25, 0.3) is 0 Å². The van der Waals surface area contributed by atoms with Crippen molar-refractivity contribution in [2.45, 2.75) is 13.3 Å². The van der Waals surface area contributed by atoms with Gasteiger partial charge in [0.2, 0.25) is 5.91 Å². The first kappa shape index (κ1) is 17.4. The summed E-state index contributed by atoms with van der Waals surface area (Å²) in [7, 11) is 0. The zero-order valence-electron chi connectivity index (χ0n) is 14.9. The van der Waals surface area contributed by atoms with Gasteiger partial charge in [-0.2, -0.15) is 0 Å². The average Bonchev–Trinajstić information content (AvgIpc) is 3.05. The molecule has 0 aliphatic heterocycles. The highest BCUT2D eigenvalue weighted by Crippen LogP contribution is 2.29. The third kappa shape index (κ3) is 3.60. The second-order valence-electron chi connectivity index (χ2n) is 6.45. The SMILES string of the molecule is CCc1cccc2c1[nH]c1cc(NC(=O)/C=C/c3ccc(Cl)cc3)ccc12. The number of H-pyrrole nitrogens is 1. The molecule has 3 nitrogen and oxygen atoms in total. The molecule has 2 N–H and O–H groups in total. The number of benzene rings is 3. The minimum absolute atomic E-state index is 0.172. The highest BCUT2D eigenvalue weighted by molar-refractivity contribution is 6.30. The summed E-state index contributed by atoms with van der Waals surface area (Å²) in [6.45, 7) is 2.15. The smallest absolute Gasteiger partial charge is 0.248 e. The average molecular weight is 375 g/mol. The molecular formula is C23H19ClN2O. The highest BCUT2D eigenvalue weighted by Gasteiger charge is 2.08. The molecule has 0 radical (unpaired) electrons. The van der Waals surface area contributed by atoms with Crippen molar-refractivity contribution in [3.8, 4) is 0 Å². The van der Waals surface area contributed by atoms with E-state index < -0.39 is 0 Å². The molecule has 0 spiro atoms. The Labute approximate surface area is 162 Å². The number of hydrogen-bond acceptors (Lipinski definition) is 1. The Hall–Kier alpha value is -3.04. The lowest BCUT2D eigenvalue weighted by atomic mass is 10.1. The van der Waals surface area contributed by atoms with Crippen molar-refractivity contribution in [3.05, 3.63) is 82.9 Å². The van der Waals surface area contributed by atoms with E-state index in [2.05, 4.69) is 35.4 Å². The molecule has 4 rings (SSSR count). The maximum absolute atomic E-state index is 12.2. The van der Waals surface area contributed by atoms with E-state index in [0.29, 0.717) is 5.02 Å². The fraction of sp³-hybridized carbons (Fsp3) is 0.0870. The summed E-state index contributed by atoms with van der Waals surface area (Å²) in [5.41, 5.74) is 5.16. The van der Waals surface area contributed by atoms with Crippen LogP contribution < -0.4 is 5.32 Å². The number of aromatic amines is 1. The summed E-state index contributed by atoms with van der Waals surface area (Å²) in [6, 6.07) is 19.6. The van der Waals surface area contributed by atoms with E-state index in [1.807, 2.05) is 30.3 Å². The molecule has 134 valence electrons. The molecule has 4 aromatic rings. The first-order valence-electron chi connectivity index (χ1n) is 8.92. The van der Waals surface area contributed by atoms with Gasteiger partial charge in [-0.25, -0.2) is 0 Å². The van der Waals surface area contributed by atoms with Crippen molar-refractivity contribution < 1.29 is 4.79 Å². The fourth-order valence-electron chi connectivity index (χ4n) is 3.29. The number of amides is 1. The lowest BCUT2D eigenvalue weighted by Crippen LogP contribution is -2.07. The van der Waals surface area contributed by atoms with Crippen LogP contribution in [0.3, 0.4) is 0 Å². The van der Waals surface area contributed by atoms with E-state index >= 15 is 0 Å². The molecular weight excluding hydrogens is 356 g/mol. The van der Waals surface area contributed by atoms with Gasteiger partial charge in [0.1, 0.15) is 0 Å². The number of rotatable bonds is 4. The largest absolute Gasteiger partial charge is 0.354 e. The molecule has 0 unspecified atom stereocenters. The number of carbonyl (C=O) groups is 1. The van der Waals surface area contributed by atoms with Crippen LogP contribution in [-0.2, 0) is 11.2 Å². The molecule has 0 bridgehead atoms. The van der Waals surface area contributed by atoms with Crippen molar-refractivity contribution in [2.75, 3.05) is 5.32 Å². The lowest BCUT2D eigenvalue weighted by Gasteiger charge is -2.02. The van der Waals surface area contributed by atoms with Crippen LogP contribution in [0.4, 0.5) is 5.69 Å². The topological polar surface area (TPSA) is 44.9 Å². The molecule has 1 amide bonds. The van der Waals surface area contributed by atoms with E-state index in [4.69, 9.17) is 11.6 Å². The third-order valence-electron chi connectivity index (χ3n) is 4.67. The molecule has 0 aliphatic carbocycles. The summed E-state index contributed by atoms with van der Waals surface area (Å²) < 4.78 is 0. The summed E-state index contributed by atoms with van der Waals surface area (Å²) in [5.74, 6) is -0.172. The second-order valence-corrected chi connectivity index (χ2v) is 6.89. The van der Waals surface area contributed by atoms with Gasteiger partial charge >= 0.3 is 0 Å². The molecule has 0 atom stereocenters. The number of hydrogen-bond donors (Lipinski definition) is 2. The van der Waals surface area contributed by atoms with E-state index in [9.17, 15) is 4.79 Å². The van der Waals surface area contributed by atoms with Crippen LogP contribution in [0.15, 0.2) is 66.7 Å². The summed E-state index contributed by atoms with van der Waals surface area (Å²) >= 11 is 5.87. The number of halogens is 1. The van der Waals surface area contributed by atoms with E-state index in [1.54, 1.807) is 18.2 Å². The summed E-state index contributed by atoms with van der Waals surface area (Å²) in [6.07, 6.45) is 4.26. The quantitative estimate of drug-likeness (QED) is 0.411. The molecule has 0 saturated carbocycles. The predicted octanol–water partition coefficient (Wildman–Crippen LogP) is 6.19. The molecule has 1 aromatic heterocycles. The van der Waals surface area contributed by atoms with E-state index in [1.165, 1.54) is 22.5 Å². The zero-order chi connectivity index (χ0) is 18.8. The van der Waals surface area contributed by atoms with Crippen molar-refractivity contribution in [1.82, 2.24) is 4.98 Å². The number of anilines is 1. The molecule has 4 heteroatoms. The third-order valence-corrected chi connectivity index (χ3v) is 4.92. The molecule has 0 aliphatic rings. The highest BCUT2D eigenvalue weighted by atomic mass is 35.5. The maximum Gasteiger partial charge on any atom is 0.248 e. The summed E-state index contributed by atoms with van der Waals surface area (Å²) in [4.78, 5) is 15.7. The minimum Gasteiger partial charge on any atom is -0.354 e.